The molecule has 0 heterocycles. The zero-order valence-corrected chi connectivity index (χ0v) is 36.0. The Labute approximate surface area is 371 Å². The number of Topliss-reactive ketones (excluding diaryl/α,β-unsaturated/α-hetero) is 1. The second kappa shape index (κ2) is 15.2. The number of allylic oxidation sites excluding steroid dienone is 4. The Morgan fingerprint density at radius 2 is 1.41 bits per heavy atom. The molecule has 8 unspecified atom stereocenters. The van der Waals surface area contributed by atoms with Gasteiger partial charge in [-0.15, -0.1) is 13.2 Å². The number of amides is 1. The van der Waals surface area contributed by atoms with Crippen molar-refractivity contribution in [2.24, 2.45) is 33.5 Å². The standard InChI is InChI=1S/C54H52F3NO6/c1-49-25-22-39(59)31-51(49)28-29-53(44(32-51)47(60)43-15-9-8-14-42(43)37-11-4-3-5-12-37)45(49)23-26-50(2)46(53)24-27-52(50,62)34-58(33-35-16-19-40(20-17-35)64-54(55,56)57)48(61)63-41-21-18-36-10-6-7-13-38(36)30-41/h3-21,28-30,32,39,45-46,59,62H,22-27,31,33-34H2,1-2H3. The molecule has 2 spiro atoms. The minimum atomic E-state index is -4.86. The van der Waals surface area contributed by atoms with Crippen LogP contribution in [0.15, 0.2) is 145 Å². The molecule has 3 saturated carbocycles. The molecule has 6 aliphatic carbocycles. The van der Waals surface area contributed by atoms with Crippen molar-refractivity contribution in [3.8, 4) is 22.6 Å². The number of halogens is 3. The highest BCUT2D eigenvalue weighted by molar-refractivity contribution is 6.14. The van der Waals surface area contributed by atoms with Gasteiger partial charge in [-0.05, 0) is 114 Å². The number of hydrogen-bond acceptors (Lipinski definition) is 6. The van der Waals surface area contributed by atoms with Crippen LogP contribution in [0.2, 0.25) is 0 Å². The lowest BCUT2D eigenvalue weighted by atomic mass is 9.32. The molecule has 8 atom stereocenters. The number of aliphatic hydroxyl groups excluding tert-OH is 1. The third-order valence-electron chi connectivity index (χ3n) is 16.4. The summed E-state index contributed by atoms with van der Waals surface area (Å²) in [5.41, 5.74) is -0.107. The molecule has 6 aliphatic rings. The third kappa shape index (κ3) is 6.70. The molecule has 1 amide bonds. The van der Waals surface area contributed by atoms with Gasteiger partial charge >= 0.3 is 12.5 Å². The van der Waals surface area contributed by atoms with Gasteiger partial charge in [-0.3, -0.25) is 4.79 Å². The van der Waals surface area contributed by atoms with E-state index in [-0.39, 0.29) is 41.9 Å². The molecule has 0 radical (unpaired) electrons. The molecular formula is C54H52F3NO6. The number of benzene rings is 5. The van der Waals surface area contributed by atoms with E-state index in [1.165, 1.54) is 29.2 Å². The number of carbonyl (C=O) groups excluding carboxylic acids is 2. The zero-order valence-electron chi connectivity index (χ0n) is 36.0. The van der Waals surface area contributed by atoms with Crippen LogP contribution in [0.1, 0.15) is 74.7 Å². The molecule has 64 heavy (non-hydrogen) atoms. The van der Waals surface area contributed by atoms with Crippen molar-refractivity contribution in [3.63, 3.8) is 0 Å². The molecule has 2 N–H and O–H groups in total. The Morgan fingerprint density at radius 1 is 0.750 bits per heavy atom. The van der Waals surface area contributed by atoms with E-state index in [2.05, 4.69) is 36.8 Å². The summed E-state index contributed by atoms with van der Waals surface area (Å²) in [6.45, 7) is 4.28. The Kier molecular flexibility index (Phi) is 10.0. The van der Waals surface area contributed by atoms with Crippen LogP contribution in [0.3, 0.4) is 0 Å². The molecule has 10 heteroatoms. The van der Waals surface area contributed by atoms with Crippen LogP contribution in [0.4, 0.5) is 18.0 Å². The van der Waals surface area contributed by atoms with Crippen molar-refractivity contribution in [3.05, 3.63) is 156 Å². The zero-order chi connectivity index (χ0) is 44.7. The van der Waals surface area contributed by atoms with Crippen molar-refractivity contribution in [1.82, 2.24) is 4.90 Å². The number of aliphatic hydroxyl groups is 2. The number of hydrogen-bond donors (Lipinski definition) is 2. The van der Waals surface area contributed by atoms with Gasteiger partial charge in [0.1, 0.15) is 11.5 Å². The van der Waals surface area contributed by atoms with Crippen molar-refractivity contribution in [1.29, 1.82) is 0 Å². The van der Waals surface area contributed by atoms with Gasteiger partial charge < -0.3 is 24.6 Å². The summed E-state index contributed by atoms with van der Waals surface area (Å²) in [7, 11) is 0. The highest BCUT2D eigenvalue weighted by atomic mass is 19.4. The summed E-state index contributed by atoms with van der Waals surface area (Å²) >= 11 is 0. The minimum Gasteiger partial charge on any atom is -0.410 e. The molecule has 7 nitrogen and oxygen atoms in total. The van der Waals surface area contributed by atoms with E-state index in [0.717, 1.165) is 40.3 Å². The maximum absolute atomic E-state index is 15.6. The Hall–Kier alpha value is -5.71. The summed E-state index contributed by atoms with van der Waals surface area (Å²) in [5.74, 6) is -0.258. The second-order valence-electron chi connectivity index (χ2n) is 19.5. The maximum atomic E-state index is 15.6. The van der Waals surface area contributed by atoms with Gasteiger partial charge in [-0.2, -0.15) is 0 Å². The number of fused-ring (bicyclic) bond motifs is 2. The number of carbonyl (C=O) groups is 2. The molecular weight excluding hydrogens is 816 g/mol. The van der Waals surface area contributed by atoms with Crippen molar-refractivity contribution in [2.75, 3.05) is 6.54 Å². The smallest absolute Gasteiger partial charge is 0.410 e. The van der Waals surface area contributed by atoms with E-state index in [0.29, 0.717) is 49.0 Å². The fourth-order valence-electron chi connectivity index (χ4n) is 13.2. The normalized spacial score (nSPS) is 31.4. The lowest BCUT2D eigenvalue weighted by molar-refractivity contribution is -0.274. The summed E-state index contributed by atoms with van der Waals surface area (Å²) in [4.78, 5) is 31.5. The number of rotatable bonds is 9. The lowest BCUT2D eigenvalue weighted by Crippen LogP contribution is -2.67. The summed E-state index contributed by atoms with van der Waals surface area (Å²) in [5, 5.41) is 26.4. The van der Waals surface area contributed by atoms with Gasteiger partial charge in [0.2, 0.25) is 0 Å². The lowest BCUT2D eigenvalue weighted by Gasteiger charge is -2.71. The maximum Gasteiger partial charge on any atom is 0.573 e. The molecule has 3 fully saturated rings. The molecule has 330 valence electrons. The first-order chi connectivity index (χ1) is 30.6. The van der Waals surface area contributed by atoms with Gasteiger partial charge in [0.15, 0.2) is 5.78 Å². The monoisotopic (exact) mass is 867 g/mol. The van der Waals surface area contributed by atoms with Crippen LogP contribution in [0.25, 0.3) is 21.9 Å². The molecule has 5 aromatic rings. The Morgan fingerprint density at radius 3 is 2.17 bits per heavy atom. The molecule has 0 aliphatic heterocycles. The van der Waals surface area contributed by atoms with Crippen LogP contribution in [-0.2, 0) is 6.54 Å². The van der Waals surface area contributed by atoms with Crippen LogP contribution >= 0.6 is 0 Å². The summed E-state index contributed by atoms with van der Waals surface area (Å²) in [6, 6.07) is 36.1. The Bertz CT molecular complexity index is 2700. The highest BCUT2D eigenvalue weighted by Gasteiger charge is 2.74. The quantitative estimate of drug-likeness (QED) is 0.113. The van der Waals surface area contributed by atoms with E-state index in [1.807, 2.05) is 84.9 Å². The number of ether oxygens (including phenoxy) is 2. The largest absolute Gasteiger partial charge is 0.573 e. The number of ketones is 1. The van der Waals surface area contributed by atoms with Crippen molar-refractivity contribution < 1.29 is 42.4 Å². The summed E-state index contributed by atoms with van der Waals surface area (Å²) in [6.07, 6.45) is 5.00. The first kappa shape index (κ1) is 42.3. The first-order valence-corrected chi connectivity index (χ1v) is 22.4. The van der Waals surface area contributed by atoms with Crippen LogP contribution in [0.5, 0.6) is 11.5 Å². The van der Waals surface area contributed by atoms with E-state index in [1.54, 1.807) is 12.1 Å². The van der Waals surface area contributed by atoms with E-state index < -0.39 is 40.4 Å². The van der Waals surface area contributed by atoms with Crippen LogP contribution in [0, 0.1) is 33.5 Å². The fourth-order valence-corrected chi connectivity index (χ4v) is 13.2. The molecule has 11 rings (SSSR count). The third-order valence-corrected chi connectivity index (χ3v) is 16.4. The topological polar surface area (TPSA) is 96.3 Å². The van der Waals surface area contributed by atoms with Gasteiger partial charge in [-0.1, -0.05) is 129 Å². The highest BCUT2D eigenvalue weighted by Crippen LogP contribution is 2.78. The molecule has 0 saturated heterocycles. The average molecular weight is 868 g/mol. The van der Waals surface area contributed by atoms with Crippen LogP contribution < -0.4 is 9.47 Å². The van der Waals surface area contributed by atoms with Crippen molar-refractivity contribution in [2.45, 2.75) is 83.4 Å². The second-order valence-corrected chi connectivity index (χ2v) is 19.5. The number of alkyl halides is 3. The van der Waals surface area contributed by atoms with Crippen molar-refractivity contribution >= 4 is 22.6 Å². The first-order valence-electron chi connectivity index (χ1n) is 22.4. The summed E-state index contributed by atoms with van der Waals surface area (Å²) < 4.78 is 49.4. The molecule has 5 aromatic carbocycles. The van der Waals surface area contributed by atoms with E-state index in [4.69, 9.17) is 4.74 Å². The fraction of sp³-hybridized carbons (Fsp3) is 0.370. The SMILES string of the molecule is CC12CCC(O)CC13C=CC1(C(C(=O)c4ccccc4-c4ccccc4)=C3)C2CCC2(C)C1CCC2(O)CN(Cc1ccc(OC(F)(F)F)cc1)C(=O)Oc1ccc2ccccc2c1. The Balaban J connectivity index is 1.03. The molecule has 2 bridgehead atoms. The van der Waals surface area contributed by atoms with E-state index >= 15 is 4.79 Å². The van der Waals surface area contributed by atoms with Crippen LogP contribution in [-0.4, -0.2) is 51.6 Å². The van der Waals surface area contributed by atoms with E-state index in [9.17, 15) is 28.2 Å². The molecule has 0 aromatic heterocycles. The number of nitrogens with zero attached hydrogens (tertiary/aromatic N) is 1. The predicted octanol–water partition coefficient (Wildman–Crippen LogP) is 11.9. The van der Waals surface area contributed by atoms with Gasteiger partial charge in [0, 0.05) is 33.9 Å². The van der Waals surface area contributed by atoms with Gasteiger partial charge in [-0.25, -0.2) is 4.79 Å². The average Bonchev–Trinajstić information content (AvgIpc) is 3.55. The van der Waals surface area contributed by atoms with Gasteiger partial charge in [0.25, 0.3) is 0 Å². The predicted molar refractivity (Wildman–Crippen MR) is 238 cm³/mol. The minimum absolute atomic E-state index is 0.0477. The van der Waals surface area contributed by atoms with Gasteiger partial charge in [0.05, 0.1) is 18.2 Å².